The molecule has 1 amide bonds. The van der Waals surface area contributed by atoms with Gasteiger partial charge in [-0.3, -0.25) is 9.59 Å². The Kier molecular flexibility index (Phi) is 4.22. The summed E-state index contributed by atoms with van der Waals surface area (Å²) < 4.78 is 5.25. The molecular weight excluding hydrogens is 234 g/mol. The maximum atomic E-state index is 12.0. The highest BCUT2D eigenvalue weighted by atomic mass is 16.5. The largest absolute Gasteiger partial charge is 0.481 e. The molecule has 1 saturated carbocycles. The molecule has 2 aliphatic rings. The Bertz CT molecular complexity index is 325. The molecule has 2 rings (SSSR count). The number of nitrogens with one attached hydrogen (secondary N) is 1. The summed E-state index contributed by atoms with van der Waals surface area (Å²) in [6, 6.07) is 0. The average molecular weight is 255 g/mol. The van der Waals surface area contributed by atoms with Crippen LogP contribution in [0.5, 0.6) is 0 Å². The van der Waals surface area contributed by atoms with E-state index >= 15 is 0 Å². The molecule has 0 radical (unpaired) electrons. The number of carboxylic acids is 1. The number of hydrogen-bond acceptors (Lipinski definition) is 3. The number of hydrogen-bond donors (Lipinski definition) is 2. The summed E-state index contributed by atoms with van der Waals surface area (Å²) >= 11 is 0. The van der Waals surface area contributed by atoms with E-state index in [-0.39, 0.29) is 11.8 Å². The Balaban J connectivity index is 1.85. The minimum atomic E-state index is -0.844. The molecular formula is C13H21NO4. The SMILES string of the molecule is CC1CC(C(=O)O)C(C(=O)NCC2CCOC2)C1. The van der Waals surface area contributed by atoms with Crippen molar-refractivity contribution in [2.45, 2.75) is 26.2 Å². The van der Waals surface area contributed by atoms with Crippen molar-refractivity contribution < 1.29 is 19.4 Å². The summed E-state index contributed by atoms with van der Waals surface area (Å²) in [5.41, 5.74) is 0. The topological polar surface area (TPSA) is 75.6 Å². The van der Waals surface area contributed by atoms with E-state index in [1.807, 2.05) is 6.92 Å². The normalized spacial score (nSPS) is 35.6. The van der Waals surface area contributed by atoms with Gasteiger partial charge in [-0.15, -0.1) is 0 Å². The fraction of sp³-hybridized carbons (Fsp3) is 0.846. The zero-order valence-corrected chi connectivity index (χ0v) is 10.7. The standard InChI is InChI=1S/C13H21NO4/c1-8-4-10(11(5-8)13(16)17)12(15)14-6-9-2-3-18-7-9/h8-11H,2-7H2,1H3,(H,14,15)(H,16,17). The van der Waals surface area contributed by atoms with Gasteiger partial charge < -0.3 is 15.2 Å². The number of carboxylic acid groups (broad SMARTS) is 1. The van der Waals surface area contributed by atoms with Crippen molar-refractivity contribution in [3.05, 3.63) is 0 Å². The maximum Gasteiger partial charge on any atom is 0.307 e. The summed E-state index contributed by atoms with van der Waals surface area (Å²) in [4.78, 5) is 23.2. The van der Waals surface area contributed by atoms with E-state index in [1.54, 1.807) is 0 Å². The van der Waals surface area contributed by atoms with Gasteiger partial charge in [0, 0.05) is 19.1 Å². The number of carbonyl (C=O) groups excluding carboxylic acids is 1. The molecule has 4 atom stereocenters. The summed E-state index contributed by atoms with van der Waals surface area (Å²) in [7, 11) is 0. The maximum absolute atomic E-state index is 12.0. The molecule has 4 unspecified atom stereocenters. The predicted octanol–water partition coefficient (Wildman–Crippen LogP) is 0.886. The van der Waals surface area contributed by atoms with Gasteiger partial charge in [0.15, 0.2) is 0 Å². The lowest BCUT2D eigenvalue weighted by Crippen LogP contribution is -2.37. The van der Waals surface area contributed by atoms with E-state index < -0.39 is 11.9 Å². The average Bonchev–Trinajstić information content (AvgIpc) is 2.94. The second-order valence-corrected chi connectivity index (χ2v) is 5.60. The first-order valence-electron chi connectivity index (χ1n) is 6.66. The zero-order chi connectivity index (χ0) is 13.1. The second kappa shape index (κ2) is 5.69. The minimum Gasteiger partial charge on any atom is -0.481 e. The molecule has 1 aliphatic heterocycles. The first-order chi connectivity index (χ1) is 8.58. The summed E-state index contributed by atoms with van der Waals surface area (Å²) in [6.07, 6.45) is 2.27. The van der Waals surface area contributed by atoms with Gasteiger partial charge in [0.25, 0.3) is 0 Å². The Hall–Kier alpha value is -1.10. The van der Waals surface area contributed by atoms with Gasteiger partial charge in [-0.05, 0) is 25.2 Å². The number of amides is 1. The van der Waals surface area contributed by atoms with Crippen LogP contribution in [0.1, 0.15) is 26.2 Å². The van der Waals surface area contributed by atoms with Crippen LogP contribution in [0.2, 0.25) is 0 Å². The van der Waals surface area contributed by atoms with Crippen LogP contribution in [0.3, 0.4) is 0 Å². The van der Waals surface area contributed by atoms with Crippen LogP contribution in [0.4, 0.5) is 0 Å². The Labute approximate surface area is 107 Å². The zero-order valence-electron chi connectivity index (χ0n) is 10.7. The van der Waals surface area contributed by atoms with E-state index in [1.165, 1.54) is 0 Å². The highest BCUT2D eigenvalue weighted by Gasteiger charge is 2.41. The molecule has 0 aromatic carbocycles. The van der Waals surface area contributed by atoms with Crippen LogP contribution in [0.15, 0.2) is 0 Å². The second-order valence-electron chi connectivity index (χ2n) is 5.60. The highest BCUT2D eigenvalue weighted by Crippen LogP contribution is 2.36. The lowest BCUT2D eigenvalue weighted by molar-refractivity contribution is -0.146. The molecule has 1 heterocycles. The molecule has 18 heavy (non-hydrogen) atoms. The van der Waals surface area contributed by atoms with Gasteiger partial charge in [0.05, 0.1) is 18.4 Å². The van der Waals surface area contributed by atoms with E-state index in [9.17, 15) is 9.59 Å². The number of carbonyl (C=O) groups is 2. The molecule has 5 heteroatoms. The molecule has 1 saturated heterocycles. The van der Waals surface area contributed by atoms with Crippen LogP contribution in [0, 0.1) is 23.7 Å². The number of ether oxygens (including phenoxy) is 1. The van der Waals surface area contributed by atoms with Crippen molar-refractivity contribution in [1.29, 1.82) is 0 Å². The molecule has 2 fully saturated rings. The van der Waals surface area contributed by atoms with Gasteiger partial charge in [-0.25, -0.2) is 0 Å². The Morgan fingerprint density at radius 2 is 2.06 bits per heavy atom. The fourth-order valence-electron chi connectivity index (χ4n) is 2.97. The third-order valence-electron chi connectivity index (χ3n) is 4.04. The smallest absolute Gasteiger partial charge is 0.307 e. The Morgan fingerprint density at radius 3 is 2.67 bits per heavy atom. The van der Waals surface area contributed by atoms with Crippen molar-refractivity contribution in [2.24, 2.45) is 23.7 Å². The van der Waals surface area contributed by atoms with Crippen LogP contribution >= 0.6 is 0 Å². The van der Waals surface area contributed by atoms with E-state index in [0.717, 1.165) is 13.0 Å². The first-order valence-corrected chi connectivity index (χ1v) is 6.66. The molecule has 5 nitrogen and oxygen atoms in total. The summed E-state index contributed by atoms with van der Waals surface area (Å²) in [5.74, 6) is -1.12. The molecule has 0 aromatic rings. The van der Waals surface area contributed by atoms with Crippen LogP contribution in [-0.2, 0) is 14.3 Å². The quantitative estimate of drug-likeness (QED) is 0.782. The van der Waals surface area contributed by atoms with Gasteiger partial charge in [-0.2, -0.15) is 0 Å². The van der Waals surface area contributed by atoms with Crippen molar-refractivity contribution >= 4 is 11.9 Å². The number of aliphatic carboxylic acids is 1. The molecule has 0 aromatic heterocycles. The fourth-order valence-corrected chi connectivity index (χ4v) is 2.97. The minimum absolute atomic E-state index is 0.0985. The lowest BCUT2D eigenvalue weighted by atomic mass is 9.95. The summed E-state index contributed by atoms with van der Waals surface area (Å²) in [5, 5.41) is 12.0. The van der Waals surface area contributed by atoms with Crippen molar-refractivity contribution in [3.63, 3.8) is 0 Å². The van der Waals surface area contributed by atoms with Crippen molar-refractivity contribution in [2.75, 3.05) is 19.8 Å². The van der Waals surface area contributed by atoms with Crippen LogP contribution in [-0.4, -0.2) is 36.7 Å². The summed E-state index contributed by atoms with van der Waals surface area (Å²) in [6.45, 7) is 4.08. The van der Waals surface area contributed by atoms with Crippen molar-refractivity contribution in [3.8, 4) is 0 Å². The third kappa shape index (κ3) is 3.02. The van der Waals surface area contributed by atoms with Crippen LogP contribution in [0.25, 0.3) is 0 Å². The van der Waals surface area contributed by atoms with Crippen LogP contribution < -0.4 is 5.32 Å². The molecule has 102 valence electrons. The third-order valence-corrected chi connectivity index (χ3v) is 4.04. The van der Waals surface area contributed by atoms with Gasteiger partial charge in [0.2, 0.25) is 5.91 Å². The number of rotatable bonds is 4. The van der Waals surface area contributed by atoms with E-state index in [2.05, 4.69) is 5.32 Å². The predicted molar refractivity (Wildman–Crippen MR) is 64.9 cm³/mol. The van der Waals surface area contributed by atoms with Gasteiger partial charge >= 0.3 is 5.97 Å². The van der Waals surface area contributed by atoms with E-state index in [0.29, 0.717) is 37.8 Å². The molecule has 0 spiro atoms. The Morgan fingerprint density at radius 1 is 1.33 bits per heavy atom. The van der Waals surface area contributed by atoms with E-state index in [4.69, 9.17) is 9.84 Å². The van der Waals surface area contributed by atoms with Crippen molar-refractivity contribution in [1.82, 2.24) is 5.32 Å². The molecule has 2 N–H and O–H groups in total. The lowest BCUT2D eigenvalue weighted by Gasteiger charge is -2.17. The van der Waals surface area contributed by atoms with Gasteiger partial charge in [0.1, 0.15) is 0 Å². The monoisotopic (exact) mass is 255 g/mol. The molecule has 1 aliphatic carbocycles. The van der Waals surface area contributed by atoms with Gasteiger partial charge in [-0.1, -0.05) is 6.92 Å². The highest BCUT2D eigenvalue weighted by molar-refractivity contribution is 5.85. The molecule has 0 bridgehead atoms. The first kappa shape index (κ1) is 13.3.